The average Bonchev–Trinajstić information content (AvgIpc) is 2.29. The van der Waals surface area contributed by atoms with Gasteiger partial charge in [-0.15, -0.1) is 0 Å². The average molecular weight is 256 g/mol. The van der Waals surface area contributed by atoms with Crippen LogP contribution in [0.25, 0.3) is 0 Å². The number of carbonyl (C=O) groups is 2. The molecule has 0 bridgehead atoms. The molecular weight excluding hydrogens is 232 g/mol. The highest BCUT2D eigenvalue weighted by atomic mass is 16.2. The highest BCUT2D eigenvalue weighted by molar-refractivity contribution is 5.88. The van der Waals surface area contributed by atoms with Gasteiger partial charge in [-0.2, -0.15) is 0 Å². The molecule has 6 heteroatoms. The Morgan fingerprint density at radius 1 is 1.17 bits per heavy atom. The SMILES string of the molecule is CC(C)NC(=O)C(C)NC(=O)CN1CCNCC1. The summed E-state index contributed by atoms with van der Waals surface area (Å²) in [6.07, 6.45) is 0. The fourth-order valence-corrected chi connectivity index (χ4v) is 1.83. The largest absolute Gasteiger partial charge is 0.352 e. The van der Waals surface area contributed by atoms with Gasteiger partial charge < -0.3 is 16.0 Å². The predicted molar refractivity (Wildman–Crippen MR) is 70.2 cm³/mol. The zero-order valence-electron chi connectivity index (χ0n) is 11.5. The molecule has 2 amide bonds. The summed E-state index contributed by atoms with van der Waals surface area (Å²) in [5.74, 6) is -0.234. The standard InChI is InChI=1S/C12H24N4O2/c1-9(2)14-12(18)10(3)15-11(17)8-16-6-4-13-5-7-16/h9-10,13H,4-8H2,1-3H3,(H,14,18)(H,15,17). The van der Waals surface area contributed by atoms with Gasteiger partial charge in [-0.05, 0) is 20.8 Å². The van der Waals surface area contributed by atoms with Crippen molar-refractivity contribution in [2.75, 3.05) is 32.7 Å². The Morgan fingerprint density at radius 2 is 1.78 bits per heavy atom. The monoisotopic (exact) mass is 256 g/mol. The summed E-state index contributed by atoms with van der Waals surface area (Å²) < 4.78 is 0. The fraction of sp³-hybridized carbons (Fsp3) is 0.833. The summed E-state index contributed by atoms with van der Waals surface area (Å²) in [6, 6.07) is -0.396. The third kappa shape index (κ3) is 5.46. The maximum Gasteiger partial charge on any atom is 0.242 e. The Bertz CT molecular complexity index is 288. The number of nitrogens with zero attached hydrogens (tertiary/aromatic N) is 1. The number of piperazine rings is 1. The van der Waals surface area contributed by atoms with Gasteiger partial charge in [0.25, 0.3) is 0 Å². The smallest absolute Gasteiger partial charge is 0.242 e. The molecule has 1 aliphatic rings. The number of carbonyl (C=O) groups excluding carboxylic acids is 2. The van der Waals surface area contributed by atoms with Crippen LogP contribution in [0.15, 0.2) is 0 Å². The molecule has 1 saturated heterocycles. The second-order valence-electron chi connectivity index (χ2n) is 4.98. The van der Waals surface area contributed by atoms with Gasteiger partial charge >= 0.3 is 0 Å². The topological polar surface area (TPSA) is 73.5 Å². The van der Waals surface area contributed by atoms with Gasteiger partial charge in [0.05, 0.1) is 6.54 Å². The van der Waals surface area contributed by atoms with Crippen LogP contribution >= 0.6 is 0 Å². The Hall–Kier alpha value is -1.14. The lowest BCUT2D eigenvalue weighted by atomic mass is 10.2. The number of rotatable bonds is 5. The summed E-state index contributed by atoms with van der Waals surface area (Å²) in [7, 11) is 0. The highest BCUT2D eigenvalue weighted by Crippen LogP contribution is 1.92. The number of nitrogens with one attached hydrogen (secondary N) is 3. The highest BCUT2D eigenvalue weighted by Gasteiger charge is 2.18. The minimum Gasteiger partial charge on any atom is -0.352 e. The van der Waals surface area contributed by atoms with Crippen LogP contribution in [-0.4, -0.2) is 61.5 Å². The number of amides is 2. The van der Waals surface area contributed by atoms with E-state index in [1.165, 1.54) is 0 Å². The van der Waals surface area contributed by atoms with E-state index in [0.717, 1.165) is 26.2 Å². The predicted octanol–water partition coefficient (Wildman–Crippen LogP) is -1.08. The van der Waals surface area contributed by atoms with Crippen molar-refractivity contribution in [3.63, 3.8) is 0 Å². The molecule has 1 fully saturated rings. The molecule has 0 aliphatic carbocycles. The van der Waals surface area contributed by atoms with Crippen molar-refractivity contribution in [2.24, 2.45) is 0 Å². The third-order valence-electron chi connectivity index (χ3n) is 2.78. The van der Waals surface area contributed by atoms with Crippen LogP contribution in [0, 0.1) is 0 Å². The van der Waals surface area contributed by atoms with Crippen LogP contribution in [0.5, 0.6) is 0 Å². The van der Waals surface area contributed by atoms with Gasteiger partial charge in [0.2, 0.25) is 11.8 Å². The molecular formula is C12H24N4O2. The van der Waals surface area contributed by atoms with Gasteiger partial charge in [0, 0.05) is 32.2 Å². The molecule has 0 aromatic heterocycles. The Balaban J connectivity index is 2.27. The van der Waals surface area contributed by atoms with E-state index in [0.29, 0.717) is 6.54 Å². The van der Waals surface area contributed by atoms with Crippen molar-refractivity contribution in [1.29, 1.82) is 0 Å². The fourth-order valence-electron chi connectivity index (χ4n) is 1.83. The molecule has 1 atom stereocenters. The molecule has 1 unspecified atom stereocenters. The Labute approximate surface area is 108 Å². The van der Waals surface area contributed by atoms with E-state index in [-0.39, 0.29) is 17.9 Å². The molecule has 0 aromatic carbocycles. The van der Waals surface area contributed by atoms with Gasteiger partial charge in [-0.25, -0.2) is 0 Å². The minimum atomic E-state index is -0.484. The van der Waals surface area contributed by atoms with E-state index in [1.54, 1.807) is 6.92 Å². The molecule has 3 N–H and O–H groups in total. The normalized spacial score (nSPS) is 18.4. The molecule has 0 aromatic rings. The first-order valence-corrected chi connectivity index (χ1v) is 6.52. The zero-order valence-corrected chi connectivity index (χ0v) is 11.5. The van der Waals surface area contributed by atoms with Gasteiger partial charge in [0.15, 0.2) is 0 Å². The van der Waals surface area contributed by atoms with Gasteiger partial charge in [-0.3, -0.25) is 14.5 Å². The molecule has 6 nitrogen and oxygen atoms in total. The molecule has 1 aliphatic heterocycles. The van der Waals surface area contributed by atoms with Crippen molar-refractivity contribution >= 4 is 11.8 Å². The van der Waals surface area contributed by atoms with Crippen molar-refractivity contribution < 1.29 is 9.59 Å². The van der Waals surface area contributed by atoms with Gasteiger partial charge in [0.1, 0.15) is 6.04 Å². The van der Waals surface area contributed by atoms with Crippen LogP contribution in [0.4, 0.5) is 0 Å². The van der Waals surface area contributed by atoms with E-state index in [9.17, 15) is 9.59 Å². The summed E-state index contributed by atoms with van der Waals surface area (Å²) >= 11 is 0. The van der Waals surface area contributed by atoms with Gasteiger partial charge in [-0.1, -0.05) is 0 Å². The van der Waals surface area contributed by atoms with E-state index in [1.807, 2.05) is 13.8 Å². The van der Waals surface area contributed by atoms with Crippen LogP contribution in [0.1, 0.15) is 20.8 Å². The maximum atomic E-state index is 11.8. The van der Waals surface area contributed by atoms with Crippen LogP contribution in [0.2, 0.25) is 0 Å². The van der Waals surface area contributed by atoms with Crippen molar-refractivity contribution in [1.82, 2.24) is 20.9 Å². The van der Waals surface area contributed by atoms with E-state index in [4.69, 9.17) is 0 Å². The number of hydrogen-bond acceptors (Lipinski definition) is 4. The molecule has 1 rings (SSSR count). The molecule has 0 radical (unpaired) electrons. The summed E-state index contributed by atoms with van der Waals surface area (Å²) in [6.45, 7) is 9.43. The Kier molecular flexibility index (Phi) is 6.07. The molecule has 1 heterocycles. The lowest BCUT2D eigenvalue weighted by Gasteiger charge is -2.27. The lowest BCUT2D eigenvalue weighted by Crippen LogP contribution is -2.51. The number of hydrogen-bond donors (Lipinski definition) is 3. The Morgan fingerprint density at radius 3 is 2.33 bits per heavy atom. The van der Waals surface area contributed by atoms with Crippen LogP contribution < -0.4 is 16.0 Å². The first kappa shape index (κ1) is 14.9. The first-order valence-electron chi connectivity index (χ1n) is 6.52. The minimum absolute atomic E-state index is 0.0880. The second kappa shape index (κ2) is 7.33. The van der Waals surface area contributed by atoms with Crippen molar-refractivity contribution in [3.05, 3.63) is 0 Å². The zero-order chi connectivity index (χ0) is 13.5. The van der Waals surface area contributed by atoms with Crippen molar-refractivity contribution in [3.8, 4) is 0 Å². The van der Waals surface area contributed by atoms with Crippen LogP contribution in [-0.2, 0) is 9.59 Å². The second-order valence-corrected chi connectivity index (χ2v) is 4.98. The van der Waals surface area contributed by atoms with E-state index in [2.05, 4.69) is 20.9 Å². The maximum absolute atomic E-state index is 11.8. The summed E-state index contributed by atoms with van der Waals surface area (Å²) in [5.41, 5.74) is 0. The first-order chi connectivity index (χ1) is 8.49. The quantitative estimate of drug-likeness (QED) is 0.585. The molecule has 0 saturated carbocycles. The molecule has 18 heavy (non-hydrogen) atoms. The van der Waals surface area contributed by atoms with E-state index >= 15 is 0 Å². The van der Waals surface area contributed by atoms with E-state index < -0.39 is 6.04 Å². The summed E-state index contributed by atoms with van der Waals surface area (Å²) in [5, 5.41) is 8.72. The molecule has 104 valence electrons. The summed E-state index contributed by atoms with van der Waals surface area (Å²) in [4.78, 5) is 25.5. The third-order valence-corrected chi connectivity index (χ3v) is 2.78. The molecule has 0 spiro atoms. The van der Waals surface area contributed by atoms with Crippen LogP contribution in [0.3, 0.4) is 0 Å². The lowest BCUT2D eigenvalue weighted by molar-refractivity contribution is -0.129. The van der Waals surface area contributed by atoms with Crippen molar-refractivity contribution in [2.45, 2.75) is 32.9 Å².